The SMILES string of the molecule is COC1=C(C)C=CNC1(N)C(=O)O. The van der Waals surface area contributed by atoms with Gasteiger partial charge < -0.3 is 15.2 Å². The summed E-state index contributed by atoms with van der Waals surface area (Å²) in [6.07, 6.45) is 3.19. The predicted octanol–water partition coefficient (Wildman–Crippen LogP) is -0.237. The summed E-state index contributed by atoms with van der Waals surface area (Å²) in [5, 5.41) is 11.4. The van der Waals surface area contributed by atoms with Gasteiger partial charge in [0, 0.05) is 0 Å². The highest BCUT2D eigenvalue weighted by Crippen LogP contribution is 2.21. The molecule has 5 nitrogen and oxygen atoms in total. The minimum atomic E-state index is -1.65. The molecule has 1 heterocycles. The van der Waals surface area contributed by atoms with Crippen LogP contribution in [0.1, 0.15) is 6.92 Å². The molecule has 0 fully saturated rings. The standard InChI is InChI=1S/C8H12N2O3/c1-5-3-4-10-8(9,7(11)12)6(5)13-2/h3-4,10H,9H2,1-2H3,(H,11,12). The highest BCUT2D eigenvalue weighted by Gasteiger charge is 2.41. The predicted molar refractivity (Wildman–Crippen MR) is 46.5 cm³/mol. The molecule has 0 aliphatic carbocycles. The first-order chi connectivity index (χ1) is 6.02. The molecular formula is C8H12N2O3. The Hall–Kier alpha value is -1.49. The van der Waals surface area contributed by atoms with Crippen LogP contribution >= 0.6 is 0 Å². The molecule has 0 saturated heterocycles. The molecule has 1 atom stereocenters. The third-order valence-corrected chi connectivity index (χ3v) is 1.90. The van der Waals surface area contributed by atoms with Crippen molar-refractivity contribution >= 4 is 5.97 Å². The molecule has 0 spiro atoms. The summed E-state index contributed by atoms with van der Waals surface area (Å²) in [6, 6.07) is 0. The molecule has 1 unspecified atom stereocenters. The summed E-state index contributed by atoms with van der Waals surface area (Å²) in [5.41, 5.74) is 4.66. The van der Waals surface area contributed by atoms with Gasteiger partial charge >= 0.3 is 5.97 Å². The van der Waals surface area contributed by atoms with Crippen LogP contribution in [0, 0.1) is 0 Å². The fourth-order valence-electron chi connectivity index (χ4n) is 1.23. The highest BCUT2D eigenvalue weighted by atomic mass is 16.5. The molecule has 0 bridgehead atoms. The number of carboxylic acid groups (broad SMARTS) is 1. The summed E-state index contributed by atoms with van der Waals surface area (Å²) in [4.78, 5) is 10.9. The Kier molecular flexibility index (Phi) is 2.29. The van der Waals surface area contributed by atoms with Gasteiger partial charge in [-0.05, 0) is 24.8 Å². The first-order valence-corrected chi connectivity index (χ1v) is 3.74. The lowest BCUT2D eigenvalue weighted by atomic mass is 10.0. The quantitative estimate of drug-likeness (QED) is 0.551. The topological polar surface area (TPSA) is 84.6 Å². The van der Waals surface area contributed by atoms with Crippen LogP contribution in [0.3, 0.4) is 0 Å². The van der Waals surface area contributed by atoms with Gasteiger partial charge in [0.2, 0.25) is 5.66 Å². The van der Waals surface area contributed by atoms with E-state index < -0.39 is 11.6 Å². The van der Waals surface area contributed by atoms with Crippen LogP contribution in [0.25, 0.3) is 0 Å². The Morgan fingerprint density at radius 1 is 1.77 bits per heavy atom. The van der Waals surface area contributed by atoms with Crippen LogP contribution in [-0.4, -0.2) is 23.8 Å². The molecule has 1 aliphatic heterocycles. The van der Waals surface area contributed by atoms with Gasteiger partial charge in [0.1, 0.15) is 0 Å². The highest BCUT2D eigenvalue weighted by molar-refractivity contribution is 5.82. The van der Waals surface area contributed by atoms with E-state index in [1.54, 1.807) is 13.0 Å². The number of hydrogen-bond acceptors (Lipinski definition) is 4. The second-order valence-corrected chi connectivity index (χ2v) is 2.81. The van der Waals surface area contributed by atoms with Crippen molar-refractivity contribution in [3.05, 3.63) is 23.6 Å². The van der Waals surface area contributed by atoms with Gasteiger partial charge in [-0.1, -0.05) is 0 Å². The zero-order valence-corrected chi connectivity index (χ0v) is 7.50. The average molecular weight is 184 g/mol. The third kappa shape index (κ3) is 1.38. The Morgan fingerprint density at radius 3 is 2.77 bits per heavy atom. The van der Waals surface area contributed by atoms with Crippen molar-refractivity contribution in [2.75, 3.05) is 7.11 Å². The Balaban J connectivity index is 3.15. The maximum Gasteiger partial charge on any atom is 0.352 e. The van der Waals surface area contributed by atoms with Gasteiger partial charge in [-0.25, -0.2) is 4.79 Å². The van der Waals surface area contributed by atoms with Crippen molar-refractivity contribution in [2.24, 2.45) is 5.73 Å². The number of hydrogen-bond donors (Lipinski definition) is 3. The zero-order valence-electron chi connectivity index (χ0n) is 7.50. The number of dihydropyridines is 1. The van der Waals surface area contributed by atoms with E-state index in [0.29, 0.717) is 5.57 Å². The summed E-state index contributed by atoms with van der Waals surface area (Å²) in [6.45, 7) is 1.74. The molecule has 0 saturated carbocycles. The van der Waals surface area contributed by atoms with Crippen LogP contribution in [0.15, 0.2) is 23.6 Å². The van der Waals surface area contributed by atoms with Gasteiger partial charge in [-0.2, -0.15) is 0 Å². The molecule has 4 N–H and O–H groups in total. The average Bonchev–Trinajstić information content (AvgIpc) is 2.04. The van der Waals surface area contributed by atoms with Gasteiger partial charge in [0.25, 0.3) is 0 Å². The van der Waals surface area contributed by atoms with Crippen LogP contribution in [0.5, 0.6) is 0 Å². The van der Waals surface area contributed by atoms with Crippen molar-refractivity contribution in [3.63, 3.8) is 0 Å². The molecule has 5 heteroatoms. The number of ether oxygens (including phenoxy) is 1. The van der Waals surface area contributed by atoms with Crippen molar-refractivity contribution in [1.29, 1.82) is 0 Å². The first kappa shape index (κ1) is 9.60. The largest absolute Gasteiger partial charge is 0.496 e. The monoisotopic (exact) mass is 184 g/mol. The second-order valence-electron chi connectivity index (χ2n) is 2.81. The van der Waals surface area contributed by atoms with Crippen molar-refractivity contribution in [1.82, 2.24) is 5.32 Å². The third-order valence-electron chi connectivity index (χ3n) is 1.90. The van der Waals surface area contributed by atoms with E-state index in [9.17, 15) is 4.79 Å². The number of aliphatic carboxylic acids is 1. The minimum Gasteiger partial charge on any atom is -0.496 e. The van der Waals surface area contributed by atoms with E-state index in [0.717, 1.165) is 0 Å². The first-order valence-electron chi connectivity index (χ1n) is 3.74. The lowest BCUT2D eigenvalue weighted by Crippen LogP contribution is -2.60. The minimum absolute atomic E-state index is 0.225. The van der Waals surface area contributed by atoms with E-state index in [-0.39, 0.29) is 5.76 Å². The molecule has 1 rings (SSSR count). The second kappa shape index (κ2) is 3.10. The molecule has 72 valence electrons. The van der Waals surface area contributed by atoms with Gasteiger partial charge in [0.05, 0.1) is 7.11 Å². The maximum absolute atomic E-state index is 10.9. The lowest BCUT2D eigenvalue weighted by Gasteiger charge is -2.30. The maximum atomic E-state index is 10.9. The lowest BCUT2D eigenvalue weighted by molar-refractivity contribution is -0.144. The number of methoxy groups -OCH3 is 1. The molecule has 0 aromatic heterocycles. The normalized spacial score (nSPS) is 27.0. The van der Waals surface area contributed by atoms with Crippen molar-refractivity contribution in [3.8, 4) is 0 Å². The van der Waals surface area contributed by atoms with Crippen LogP contribution in [0.2, 0.25) is 0 Å². The van der Waals surface area contributed by atoms with Crippen molar-refractivity contribution in [2.45, 2.75) is 12.6 Å². The number of carbonyl (C=O) groups is 1. The number of rotatable bonds is 2. The zero-order chi connectivity index (χ0) is 10.1. The van der Waals surface area contributed by atoms with Crippen molar-refractivity contribution < 1.29 is 14.6 Å². The van der Waals surface area contributed by atoms with E-state index in [1.165, 1.54) is 13.3 Å². The van der Waals surface area contributed by atoms with Crippen LogP contribution in [0.4, 0.5) is 0 Å². The van der Waals surface area contributed by atoms with E-state index in [1.807, 2.05) is 0 Å². The molecule has 0 amide bonds. The van der Waals surface area contributed by atoms with Crippen LogP contribution < -0.4 is 11.1 Å². The summed E-state index contributed by atoms with van der Waals surface area (Å²) < 4.78 is 4.94. The molecule has 0 aromatic rings. The van der Waals surface area contributed by atoms with Gasteiger partial charge in [-0.3, -0.25) is 5.73 Å². The number of nitrogens with two attached hydrogens (primary N) is 1. The molecular weight excluding hydrogens is 172 g/mol. The molecule has 0 aromatic carbocycles. The summed E-state index contributed by atoms with van der Waals surface area (Å²) >= 11 is 0. The Labute approximate surface area is 75.9 Å². The van der Waals surface area contributed by atoms with E-state index in [2.05, 4.69) is 5.32 Å². The number of nitrogens with one attached hydrogen (secondary N) is 1. The number of allylic oxidation sites excluding steroid dienone is 2. The van der Waals surface area contributed by atoms with Gasteiger partial charge in [0.15, 0.2) is 5.76 Å². The molecule has 1 aliphatic rings. The molecule has 13 heavy (non-hydrogen) atoms. The fraction of sp³-hybridized carbons (Fsp3) is 0.375. The summed E-state index contributed by atoms with van der Waals surface area (Å²) in [5.74, 6) is -0.949. The number of carboxylic acids is 1. The Bertz CT molecular complexity index is 296. The van der Waals surface area contributed by atoms with E-state index >= 15 is 0 Å². The van der Waals surface area contributed by atoms with E-state index in [4.69, 9.17) is 15.6 Å². The van der Waals surface area contributed by atoms with Crippen LogP contribution in [-0.2, 0) is 9.53 Å². The Morgan fingerprint density at radius 2 is 2.38 bits per heavy atom. The molecule has 0 radical (unpaired) electrons. The van der Waals surface area contributed by atoms with Gasteiger partial charge in [-0.15, -0.1) is 0 Å². The fourth-order valence-corrected chi connectivity index (χ4v) is 1.23. The smallest absolute Gasteiger partial charge is 0.352 e. The summed E-state index contributed by atoms with van der Waals surface area (Å²) in [7, 11) is 1.39.